The molecule has 0 saturated carbocycles. The molecule has 5 rings (SSSR count). The van der Waals surface area contributed by atoms with Gasteiger partial charge >= 0.3 is 0 Å². The summed E-state index contributed by atoms with van der Waals surface area (Å²) in [5, 5.41) is 4.36. The first-order valence-corrected chi connectivity index (χ1v) is 9.98. The fourth-order valence-corrected chi connectivity index (χ4v) is 3.92. The minimum Gasteiger partial charge on any atom is -0.464 e. The van der Waals surface area contributed by atoms with Crippen molar-refractivity contribution in [2.45, 2.75) is 6.92 Å². The van der Waals surface area contributed by atoms with E-state index in [4.69, 9.17) is 4.42 Å². The number of fused-ring (bicyclic) bond motifs is 2. The molecule has 0 amide bonds. The van der Waals surface area contributed by atoms with Crippen LogP contribution >= 0.6 is 0 Å². The fourth-order valence-electron chi connectivity index (χ4n) is 3.92. The van der Waals surface area contributed by atoms with E-state index in [-0.39, 0.29) is 5.78 Å². The molecule has 0 aliphatic heterocycles. The van der Waals surface area contributed by atoms with E-state index in [0.717, 1.165) is 38.6 Å². The molecule has 0 unspecified atom stereocenters. The van der Waals surface area contributed by atoms with Crippen LogP contribution in [-0.2, 0) is 0 Å². The summed E-state index contributed by atoms with van der Waals surface area (Å²) in [6, 6.07) is 30.2. The quantitative estimate of drug-likeness (QED) is 0.235. The van der Waals surface area contributed by atoms with Gasteiger partial charge in [-0.1, -0.05) is 84.9 Å². The SMILES string of the molecule is C/C(=C\C(=O)c1cccc2ccccc12)c1coc(-c2cccc3ccccc23)c1. The lowest BCUT2D eigenvalue weighted by Crippen LogP contribution is -1.96. The molecule has 5 aromatic rings. The van der Waals surface area contributed by atoms with Gasteiger partial charge in [-0.3, -0.25) is 4.79 Å². The van der Waals surface area contributed by atoms with E-state index in [0.29, 0.717) is 5.56 Å². The average Bonchev–Trinajstić information content (AvgIpc) is 3.28. The van der Waals surface area contributed by atoms with E-state index in [2.05, 4.69) is 24.3 Å². The molecule has 1 heterocycles. The Kier molecular flexibility index (Phi) is 4.53. The largest absolute Gasteiger partial charge is 0.464 e. The first-order chi connectivity index (χ1) is 14.7. The van der Waals surface area contributed by atoms with Crippen LogP contribution in [0.5, 0.6) is 0 Å². The van der Waals surface area contributed by atoms with Gasteiger partial charge in [-0.25, -0.2) is 0 Å². The van der Waals surface area contributed by atoms with Crippen molar-refractivity contribution in [3.05, 3.63) is 114 Å². The van der Waals surface area contributed by atoms with Gasteiger partial charge in [-0.2, -0.15) is 0 Å². The van der Waals surface area contributed by atoms with E-state index in [1.807, 2.05) is 73.7 Å². The Morgan fingerprint density at radius 2 is 1.40 bits per heavy atom. The lowest BCUT2D eigenvalue weighted by atomic mass is 9.99. The fraction of sp³-hybridized carbons (Fsp3) is 0.0357. The molecule has 2 heteroatoms. The molecule has 0 spiro atoms. The maximum absolute atomic E-state index is 13.0. The zero-order valence-corrected chi connectivity index (χ0v) is 16.6. The maximum atomic E-state index is 13.0. The zero-order chi connectivity index (χ0) is 20.5. The highest BCUT2D eigenvalue weighted by Gasteiger charge is 2.12. The molecular formula is C28H20O2. The summed E-state index contributed by atoms with van der Waals surface area (Å²) in [5.41, 5.74) is 3.55. The number of rotatable bonds is 4. The Balaban J connectivity index is 1.50. The molecule has 0 aliphatic rings. The third-order valence-corrected chi connectivity index (χ3v) is 5.51. The number of furan rings is 1. The molecule has 30 heavy (non-hydrogen) atoms. The summed E-state index contributed by atoms with van der Waals surface area (Å²) < 4.78 is 5.89. The van der Waals surface area contributed by atoms with Crippen molar-refractivity contribution < 1.29 is 9.21 Å². The number of carbonyl (C=O) groups excluding carboxylic acids is 1. The third kappa shape index (κ3) is 3.23. The molecule has 0 radical (unpaired) electrons. The van der Waals surface area contributed by atoms with Crippen molar-refractivity contribution in [1.82, 2.24) is 0 Å². The first kappa shape index (κ1) is 18.1. The standard InChI is InChI=1S/C28H20O2/c1-19(16-27(29)25-14-6-10-20-8-2-4-12-23(20)25)22-17-28(30-18-22)26-15-7-11-21-9-3-5-13-24(21)26/h2-18H,1H3/b19-16+. The van der Waals surface area contributed by atoms with E-state index in [1.165, 1.54) is 5.39 Å². The van der Waals surface area contributed by atoms with Gasteiger partial charge in [0.2, 0.25) is 0 Å². The molecule has 0 atom stereocenters. The highest BCUT2D eigenvalue weighted by Crippen LogP contribution is 2.32. The van der Waals surface area contributed by atoms with Crippen LogP contribution in [0.4, 0.5) is 0 Å². The molecular weight excluding hydrogens is 368 g/mol. The Morgan fingerprint density at radius 3 is 2.20 bits per heavy atom. The Hall–Kier alpha value is -3.91. The number of hydrogen-bond donors (Lipinski definition) is 0. The van der Waals surface area contributed by atoms with Gasteiger partial charge in [0.1, 0.15) is 5.76 Å². The van der Waals surface area contributed by atoms with Gasteiger partial charge in [-0.05, 0) is 46.2 Å². The van der Waals surface area contributed by atoms with Crippen molar-refractivity contribution in [2.75, 3.05) is 0 Å². The van der Waals surface area contributed by atoms with Crippen molar-refractivity contribution in [3.8, 4) is 11.3 Å². The van der Waals surface area contributed by atoms with E-state index in [1.54, 1.807) is 12.3 Å². The number of benzene rings is 4. The molecule has 2 nitrogen and oxygen atoms in total. The summed E-state index contributed by atoms with van der Waals surface area (Å²) in [6.07, 6.45) is 3.42. The van der Waals surface area contributed by atoms with Crippen LogP contribution < -0.4 is 0 Å². The Labute approximate surface area is 175 Å². The second-order valence-corrected chi connectivity index (χ2v) is 7.44. The van der Waals surface area contributed by atoms with Gasteiger partial charge < -0.3 is 4.42 Å². The van der Waals surface area contributed by atoms with Crippen molar-refractivity contribution in [2.24, 2.45) is 0 Å². The number of hydrogen-bond acceptors (Lipinski definition) is 2. The van der Waals surface area contributed by atoms with Crippen molar-refractivity contribution in [3.63, 3.8) is 0 Å². The van der Waals surface area contributed by atoms with Crippen LogP contribution in [-0.4, -0.2) is 5.78 Å². The predicted molar refractivity (Wildman–Crippen MR) is 124 cm³/mol. The predicted octanol–water partition coefficient (Wildman–Crippen LogP) is 7.54. The third-order valence-electron chi connectivity index (χ3n) is 5.51. The zero-order valence-electron chi connectivity index (χ0n) is 16.6. The van der Waals surface area contributed by atoms with Crippen LogP contribution in [0.3, 0.4) is 0 Å². The summed E-state index contributed by atoms with van der Waals surface area (Å²) in [7, 11) is 0. The van der Waals surface area contributed by atoms with Gasteiger partial charge in [0.25, 0.3) is 0 Å². The van der Waals surface area contributed by atoms with E-state index < -0.39 is 0 Å². The maximum Gasteiger partial charge on any atom is 0.186 e. The van der Waals surface area contributed by atoms with Gasteiger partial charge in [0.05, 0.1) is 6.26 Å². The number of carbonyl (C=O) groups is 1. The highest BCUT2D eigenvalue weighted by atomic mass is 16.3. The summed E-state index contributed by atoms with van der Waals surface area (Å²) in [4.78, 5) is 13.0. The summed E-state index contributed by atoms with van der Waals surface area (Å²) in [5.74, 6) is 0.796. The van der Waals surface area contributed by atoms with Crippen LogP contribution in [0.15, 0.2) is 108 Å². The lowest BCUT2D eigenvalue weighted by Gasteiger charge is -2.04. The van der Waals surface area contributed by atoms with Crippen LogP contribution in [0.1, 0.15) is 22.8 Å². The second-order valence-electron chi connectivity index (χ2n) is 7.44. The van der Waals surface area contributed by atoms with Crippen LogP contribution in [0.25, 0.3) is 38.4 Å². The topological polar surface area (TPSA) is 30.2 Å². The smallest absolute Gasteiger partial charge is 0.186 e. The summed E-state index contributed by atoms with van der Waals surface area (Å²) >= 11 is 0. The van der Waals surface area contributed by atoms with Gasteiger partial charge in [0, 0.05) is 16.7 Å². The molecule has 0 bridgehead atoms. The average molecular weight is 388 g/mol. The molecule has 4 aromatic carbocycles. The second kappa shape index (κ2) is 7.49. The molecule has 1 aromatic heterocycles. The van der Waals surface area contributed by atoms with Gasteiger partial charge in [0.15, 0.2) is 5.78 Å². The molecule has 0 aliphatic carbocycles. The van der Waals surface area contributed by atoms with Crippen molar-refractivity contribution in [1.29, 1.82) is 0 Å². The van der Waals surface area contributed by atoms with E-state index in [9.17, 15) is 4.79 Å². The molecule has 0 fully saturated rings. The minimum absolute atomic E-state index is 0.00258. The van der Waals surface area contributed by atoms with Crippen LogP contribution in [0, 0.1) is 0 Å². The first-order valence-electron chi connectivity index (χ1n) is 9.98. The molecule has 144 valence electrons. The Morgan fingerprint density at radius 1 is 0.767 bits per heavy atom. The molecule has 0 saturated heterocycles. The Bertz CT molecular complexity index is 1410. The monoisotopic (exact) mass is 388 g/mol. The van der Waals surface area contributed by atoms with Gasteiger partial charge in [-0.15, -0.1) is 0 Å². The highest BCUT2D eigenvalue weighted by molar-refractivity contribution is 6.15. The lowest BCUT2D eigenvalue weighted by molar-refractivity contribution is 0.104. The van der Waals surface area contributed by atoms with E-state index >= 15 is 0 Å². The minimum atomic E-state index is -0.00258. The number of allylic oxidation sites excluding steroid dienone is 2. The van der Waals surface area contributed by atoms with Crippen LogP contribution in [0.2, 0.25) is 0 Å². The summed E-state index contributed by atoms with van der Waals surface area (Å²) in [6.45, 7) is 1.95. The normalized spacial score (nSPS) is 11.8. The molecule has 0 N–H and O–H groups in total. The van der Waals surface area contributed by atoms with Crippen molar-refractivity contribution >= 4 is 32.9 Å². The number of ketones is 1.